The molecule has 10 nitrogen and oxygen atoms in total. The summed E-state index contributed by atoms with van der Waals surface area (Å²) in [5.74, 6) is 0.525. The molecule has 0 radical (unpaired) electrons. The first-order chi connectivity index (χ1) is 15.5. The minimum atomic E-state index is -1.38. The highest BCUT2D eigenvalue weighted by Gasteiger charge is 2.47. The molecule has 1 aliphatic rings. The van der Waals surface area contributed by atoms with Crippen molar-refractivity contribution in [1.82, 2.24) is 24.8 Å². The number of benzene rings is 1. The molecule has 2 aromatic heterocycles. The molecule has 1 unspecified atom stereocenters. The summed E-state index contributed by atoms with van der Waals surface area (Å²) in [4.78, 5) is 25.3. The van der Waals surface area contributed by atoms with E-state index in [2.05, 4.69) is 32.4 Å². The second-order valence-electron chi connectivity index (χ2n) is 7.48. The summed E-state index contributed by atoms with van der Waals surface area (Å²) >= 11 is 1.48. The number of rotatable bonds is 8. The third-order valence-electron chi connectivity index (χ3n) is 5.23. The molecule has 1 amide bonds. The molecule has 3 aromatic rings. The quantitative estimate of drug-likeness (QED) is 0.219. The van der Waals surface area contributed by atoms with Crippen LogP contribution in [0.3, 0.4) is 0 Å². The number of carbonyl (C=O) groups excluding carboxylic acids is 1. The fourth-order valence-corrected chi connectivity index (χ4v) is 4.42. The predicted molar refractivity (Wildman–Crippen MR) is 120 cm³/mol. The van der Waals surface area contributed by atoms with Crippen LogP contribution in [0, 0.1) is 0 Å². The van der Waals surface area contributed by atoms with E-state index in [9.17, 15) is 15.0 Å². The lowest BCUT2D eigenvalue weighted by Gasteiger charge is -2.16. The number of likely N-dealkylation sites (N-methyl/N-ethyl adjacent to an activating group) is 1. The Kier molecular flexibility index (Phi) is 6.89. The van der Waals surface area contributed by atoms with Crippen LogP contribution < -0.4 is 11.1 Å². The summed E-state index contributed by atoms with van der Waals surface area (Å²) in [7, 11) is 0. The fourth-order valence-electron chi connectivity index (χ4n) is 3.63. The number of aliphatic hydroxyl groups excluding tert-OH is 2. The zero-order valence-corrected chi connectivity index (χ0v) is 18.4. The number of hydrogen-bond donors (Lipinski definition) is 4. The van der Waals surface area contributed by atoms with Crippen molar-refractivity contribution >= 4 is 34.7 Å². The first kappa shape index (κ1) is 22.5. The lowest BCUT2D eigenvalue weighted by Crippen LogP contribution is -2.42. The zero-order valence-electron chi connectivity index (χ0n) is 17.6. The van der Waals surface area contributed by atoms with Gasteiger partial charge >= 0.3 is 0 Å². The maximum Gasteiger partial charge on any atom is 0.252 e. The minimum absolute atomic E-state index is 0.215. The Morgan fingerprint density at radius 2 is 2.03 bits per heavy atom. The number of amides is 1. The van der Waals surface area contributed by atoms with Crippen LogP contribution in [-0.2, 0) is 16.0 Å². The van der Waals surface area contributed by atoms with Crippen LogP contribution in [0.2, 0.25) is 0 Å². The monoisotopic (exact) mass is 458 g/mol. The van der Waals surface area contributed by atoms with E-state index in [1.807, 2.05) is 18.2 Å². The van der Waals surface area contributed by atoms with Gasteiger partial charge in [-0.3, -0.25) is 9.36 Å². The highest BCUT2D eigenvalue weighted by Crippen LogP contribution is 2.33. The number of nitrogens with two attached hydrogens (primary N) is 1. The molecule has 1 saturated heterocycles. The van der Waals surface area contributed by atoms with Crippen molar-refractivity contribution in [2.24, 2.45) is 0 Å². The summed E-state index contributed by atoms with van der Waals surface area (Å²) in [6.07, 6.45) is -1.63. The van der Waals surface area contributed by atoms with Gasteiger partial charge < -0.3 is 26.0 Å². The number of fused-ring (bicyclic) bond motifs is 1. The van der Waals surface area contributed by atoms with Gasteiger partial charge in [-0.05, 0) is 25.3 Å². The van der Waals surface area contributed by atoms with Crippen molar-refractivity contribution in [2.45, 2.75) is 49.5 Å². The molecule has 0 bridgehead atoms. The van der Waals surface area contributed by atoms with E-state index in [-0.39, 0.29) is 5.82 Å². The number of hydrogen-bond acceptors (Lipinski definition) is 9. The summed E-state index contributed by atoms with van der Waals surface area (Å²) in [6.45, 7) is 2.14. The molecule has 1 fully saturated rings. The molecule has 0 aliphatic carbocycles. The minimum Gasteiger partial charge on any atom is -0.387 e. The molecule has 1 aliphatic heterocycles. The van der Waals surface area contributed by atoms with Gasteiger partial charge in [-0.15, -0.1) is 0 Å². The van der Waals surface area contributed by atoms with Crippen LogP contribution in [-0.4, -0.2) is 66.2 Å². The summed E-state index contributed by atoms with van der Waals surface area (Å²) in [5, 5.41) is 23.9. The van der Waals surface area contributed by atoms with E-state index >= 15 is 0 Å². The predicted octanol–water partition coefficient (Wildman–Crippen LogP) is 0.889. The second kappa shape index (κ2) is 9.82. The first-order valence-corrected chi connectivity index (χ1v) is 11.4. The third kappa shape index (κ3) is 4.56. The van der Waals surface area contributed by atoms with Crippen LogP contribution in [0.4, 0.5) is 5.82 Å². The lowest BCUT2D eigenvalue weighted by atomic mass is 10.1. The number of aliphatic hydroxyl groups is 2. The van der Waals surface area contributed by atoms with E-state index in [0.717, 1.165) is 18.6 Å². The van der Waals surface area contributed by atoms with Gasteiger partial charge in [0.05, 0.1) is 6.33 Å². The number of carbonyl (C=O) groups is 1. The van der Waals surface area contributed by atoms with Gasteiger partial charge in [-0.1, -0.05) is 42.1 Å². The molecule has 11 heteroatoms. The average Bonchev–Trinajstić information content (AvgIpc) is 3.34. The number of aryl methyl sites for hydroxylation is 1. The second-order valence-corrected chi connectivity index (χ2v) is 8.54. The van der Waals surface area contributed by atoms with Crippen LogP contribution >= 0.6 is 11.8 Å². The van der Waals surface area contributed by atoms with Gasteiger partial charge in [0.2, 0.25) is 0 Å². The molecular weight excluding hydrogens is 432 g/mol. The largest absolute Gasteiger partial charge is 0.387 e. The summed E-state index contributed by atoms with van der Waals surface area (Å²) in [5.41, 5.74) is 8.09. The molecule has 4 rings (SSSR count). The van der Waals surface area contributed by atoms with Gasteiger partial charge in [-0.25, -0.2) is 15.0 Å². The fraction of sp³-hybridized carbons (Fsp3) is 0.429. The van der Waals surface area contributed by atoms with E-state index in [4.69, 9.17) is 10.5 Å². The van der Waals surface area contributed by atoms with Crippen LogP contribution in [0.25, 0.3) is 11.2 Å². The number of nitrogen functional groups attached to an aromatic ring is 1. The van der Waals surface area contributed by atoms with E-state index in [1.165, 1.54) is 28.2 Å². The smallest absolute Gasteiger partial charge is 0.252 e. The standard InChI is InChI=1S/C21H26N6O4S/c1-2-23-19(30)16-14(28)15(29)20(31-16)27-11-24-13-17(22)25-21(26-18(13)27)32-10-6-9-12-7-4-3-5-8-12/h3-5,7-8,11,14-16,20,28-29H,2,6,9-10H2,1H3,(H,23,30)(H2,22,25,26)/t14-,15+,16-,20?/m0/s1. The van der Waals surface area contributed by atoms with Gasteiger partial charge in [0, 0.05) is 12.3 Å². The number of nitrogens with one attached hydrogen (secondary N) is 1. The van der Waals surface area contributed by atoms with Gasteiger partial charge in [-0.2, -0.15) is 0 Å². The Bertz CT molecular complexity index is 1080. The van der Waals surface area contributed by atoms with Crippen LogP contribution in [0.15, 0.2) is 41.8 Å². The van der Waals surface area contributed by atoms with Crippen molar-refractivity contribution in [3.63, 3.8) is 0 Å². The molecule has 1 aromatic carbocycles. The topological polar surface area (TPSA) is 148 Å². The van der Waals surface area contributed by atoms with E-state index in [0.29, 0.717) is 22.9 Å². The highest BCUT2D eigenvalue weighted by molar-refractivity contribution is 7.99. The zero-order chi connectivity index (χ0) is 22.7. The number of thioether (sulfide) groups is 1. The molecule has 4 atom stereocenters. The molecular formula is C21H26N6O4S. The average molecular weight is 459 g/mol. The Labute approximate surface area is 189 Å². The number of imidazole rings is 1. The molecule has 32 heavy (non-hydrogen) atoms. The van der Waals surface area contributed by atoms with E-state index < -0.39 is 30.4 Å². The molecule has 0 spiro atoms. The van der Waals surface area contributed by atoms with Crippen molar-refractivity contribution in [3.8, 4) is 0 Å². The molecule has 0 saturated carbocycles. The summed E-state index contributed by atoms with van der Waals surface area (Å²) in [6, 6.07) is 10.2. The number of nitrogens with zero attached hydrogens (tertiary/aromatic N) is 4. The number of aromatic nitrogens is 4. The first-order valence-electron chi connectivity index (χ1n) is 10.5. The third-order valence-corrected chi connectivity index (χ3v) is 6.17. The lowest BCUT2D eigenvalue weighted by molar-refractivity contribution is -0.137. The maximum atomic E-state index is 12.2. The van der Waals surface area contributed by atoms with Crippen LogP contribution in [0.5, 0.6) is 0 Å². The van der Waals surface area contributed by atoms with E-state index in [1.54, 1.807) is 6.92 Å². The van der Waals surface area contributed by atoms with Gasteiger partial charge in [0.15, 0.2) is 29.0 Å². The molecule has 170 valence electrons. The SMILES string of the molecule is CCNC(=O)[C@H]1OC(n2cnc3c(N)nc(SCCCc4ccccc4)nc32)[C@H](O)[C@@H]1O. The van der Waals surface area contributed by atoms with Crippen molar-refractivity contribution < 1.29 is 19.7 Å². The van der Waals surface area contributed by atoms with Crippen molar-refractivity contribution in [1.29, 1.82) is 0 Å². The van der Waals surface area contributed by atoms with Crippen LogP contribution in [0.1, 0.15) is 25.1 Å². The van der Waals surface area contributed by atoms with Gasteiger partial charge in [0.25, 0.3) is 5.91 Å². The summed E-state index contributed by atoms with van der Waals surface area (Å²) < 4.78 is 7.16. The Hall–Kier alpha value is -2.73. The molecule has 3 heterocycles. The Morgan fingerprint density at radius 3 is 2.78 bits per heavy atom. The van der Waals surface area contributed by atoms with Crippen molar-refractivity contribution in [3.05, 3.63) is 42.2 Å². The maximum absolute atomic E-state index is 12.2. The van der Waals surface area contributed by atoms with Gasteiger partial charge in [0.1, 0.15) is 17.7 Å². The number of anilines is 1. The Balaban J connectivity index is 1.50. The highest BCUT2D eigenvalue weighted by atomic mass is 32.2. The normalized spacial score (nSPS) is 23.0. The number of ether oxygens (including phenoxy) is 1. The van der Waals surface area contributed by atoms with Crippen molar-refractivity contribution in [2.75, 3.05) is 18.0 Å². The Morgan fingerprint density at radius 1 is 1.25 bits per heavy atom. The molecule has 5 N–H and O–H groups in total.